The van der Waals surface area contributed by atoms with Gasteiger partial charge in [0.1, 0.15) is 6.07 Å². The van der Waals surface area contributed by atoms with E-state index in [1.807, 2.05) is 42.3 Å². The van der Waals surface area contributed by atoms with E-state index in [0.29, 0.717) is 18.1 Å². The van der Waals surface area contributed by atoms with Gasteiger partial charge in [0.25, 0.3) is 0 Å². The summed E-state index contributed by atoms with van der Waals surface area (Å²) in [5, 5.41) is 8.99. The predicted molar refractivity (Wildman–Crippen MR) is 73.0 cm³/mol. The van der Waals surface area contributed by atoms with Crippen molar-refractivity contribution < 1.29 is 0 Å². The molecule has 0 radical (unpaired) electrons. The number of hydrogen-bond acceptors (Lipinski definition) is 4. The molecule has 0 aliphatic carbocycles. The van der Waals surface area contributed by atoms with Gasteiger partial charge in [-0.05, 0) is 17.7 Å². The third-order valence-corrected chi connectivity index (χ3v) is 2.95. The van der Waals surface area contributed by atoms with Gasteiger partial charge in [0, 0.05) is 30.5 Å². The quantitative estimate of drug-likeness (QED) is 0.875. The van der Waals surface area contributed by atoms with E-state index in [-0.39, 0.29) is 0 Å². The minimum atomic E-state index is 0.343. The molecule has 0 aliphatic rings. The van der Waals surface area contributed by atoms with Gasteiger partial charge in [-0.3, -0.25) is 0 Å². The summed E-state index contributed by atoms with van der Waals surface area (Å²) < 4.78 is 1.04. The van der Waals surface area contributed by atoms with Gasteiger partial charge in [-0.25, -0.2) is 9.97 Å². The van der Waals surface area contributed by atoms with Gasteiger partial charge in [-0.15, -0.1) is 0 Å². The standard InChI is InChI=1S/C13H11BrN4/c1-18(9-10-3-2-4-11(14)7-10)13-12(8-15)16-5-6-17-13/h2-7H,9H2,1H3. The zero-order valence-corrected chi connectivity index (χ0v) is 11.4. The second-order valence-electron chi connectivity index (χ2n) is 3.83. The molecule has 0 unspecified atom stereocenters. The average Bonchev–Trinajstić information content (AvgIpc) is 2.38. The fourth-order valence-corrected chi connectivity index (χ4v) is 2.12. The molecule has 1 heterocycles. The maximum Gasteiger partial charge on any atom is 0.183 e. The average molecular weight is 303 g/mol. The Kier molecular flexibility index (Phi) is 3.90. The van der Waals surface area contributed by atoms with Crippen LogP contribution in [-0.2, 0) is 6.54 Å². The first kappa shape index (κ1) is 12.5. The summed E-state index contributed by atoms with van der Waals surface area (Å²) >= 11 is 3.44. The van der Waals surface area contributed by atoms with Crippen molar-refractivity contribution in [3.63, 3.8) is 0 Å². The molecule has 2 aromatic rings. The van der Waals surface area contributed by atoms with E-state index in [0.717, 1.165) is 10.0 Å². The molecule has 90 valence electrons. The van der Waals surface area contributed by atoms with E-state index < -0.39 is 0 Å². The van der Waals surface area contributed by atoms with Gasteiger partial charge in [0.05, 0.1) is 0 Å². The van der Waals surface area contributed by atoms with Crippen LogP contribution in [0.3, 0.4) is 0 Å². The Bertz CT molecular complexity index is 592. The van der Waals surface area contributed by atoms with Crippen LogP contribution in [0, 0.1) is 11.3 Å². The van der Waals surface area contributed by atoms with E-state index in [2.05, 4.69) is 25.9 Å². The van der Waals surface area contributed by atoms with Crippen molar-refractivity contribution in [3.8, 4) is 6.07 Å². The highest BCUT2D eigenvalue weighted by Crippen LogP contribution is 2.17. The van der Waals surface area contributed by atoms with E-state index in [1.54, 1.807) is 6.20 Å². The van der Waals surface area contributed by atoms with E-state index in [1.165, 1.54) is 6.20 Å². The Hall–Kier alpha value is -1.93. The smallest absolute Gasteiger partial charge is 0.183 e. The van der Waals surface area contributed by atoms with Gasteiger partial charge in [-0.2, -0.15) is 5.26 Å². The number of nitriles is 1. The first-order valence-electron chi connectivity index (χ1n) is 5.37. The van der Waals surface area contributed by atoms with Crippen molar-refractivity contribution in [3.05, 3.63) is 52.4 Å². The molecule has 5 heteroatoms. The van der Waals surface area contributed by atoms with Crippen LogP contribution in [-0.4, -0.2) is 17.0 Å². The molecule has 0 saturated carbocycles. The lowest BCUT2D eigenvalue weighted by atomic mass is 10.2. The Morgan fingerprint density at radius 1 is 1.33 bits per heavy atom. The Morgan fingerprint density at radius 2 is 2.11 bits per heavy atom. The molecule has 0 atom stereocenters. The van der Waals surface area contributed by atoms with Crippen molar-refractivity contribution >= 4 is 21.7 Å². The van der Waals surface area contributed by atoms with E-state index >= 15 is 0 Å². The highest BCUT2D eigenvalue weighted by atomic mass is 79.9. The van der Waals surface area contributed by atoms with Crippen LogP contribution in [0.2, 0.25) is 0 Å². The van der Waals surface area contributed by atoms with Crippen molar-refractivity contribution in [2.45, 2.75) is 6.54 Å². The summed E-state index contributed by atoms with van der Waals surface area (Å²) in [6.07, 6.45) is 3.11. The highest BCUT2D eigenvalue weighted by molar-refractivity contribution is 9.10. The van der Waals surface area contributed by atoms with Crippen LogP contribution in [0.1, 0.15) is 11.3 Å². The topological polar surface area (TPSA) is 52.8 Å². The fraction of sp³-hybridized carbons (Fsp3) is 0.154. The first-order valence-corrected chi connectivity index (χ1v) is 6.16. The molecule has 1 aromatic heterocycles. The van der Waals surface area contributed by atoms with Crippen LogP contribution in [0.15, 0.2) is 41.1 Å². The molecule has 1 aromatic carbocycles. The van der Waals surface area contributed by atoms with Crippen molar-refractivity contribution in [2.24, 2.45) is 0 Å². The SMILES string of the molecule is CN(Cc1cccc(Br)c1)c1nccnc1C#N. The largest absolute Gasteiger partial charge is 0.353 e. The molecule has 18 heavy (non-hydrogen) atoms. The first-order chi connectivity index (χ1) is 8.70. The fourth-order valence-electron chi connectivity index (χ4n) is 1.67. The third-order valence-electron chi connectivity index (χ3n) is 2.46. The lowest BCUT2D eigenvalue weighted by Crippen LogP contribution is -2.19. The maximum atomic E-state index is 8.99. The Morgan fingerprint density at radius 3 is 2.83 bits per heavy atom. The monoisotopic (exact) mass is 302 g/mol. The van der Waals surface area contributed by atoms with Crippen LogP contribution < -0.4 is 4.90 Å². The van der Waals surface area contributed by atoms with Crippen LogP contribution >= 0.6 is 15.9 Å². The number of rotatable bonds is 3. The molecule has 0 spiro atoms. The highest BCUT2D eigenvalue weighted by Gasteiger charge is 2.10. The number of halogens is 1. The van der Waals surface area contributed by atoms with Crippen molar-refractivity contribution in [1.82, 2.24) is 9.97 Å². The molecule has 0 fully saturated rings. The molecular weight excluding hydrogens is 292 g/mol. The van der Waals surface area contributed by atoms with Gasteiger partial charge >= 0.3 is 0 Å². The second kappa shape index (κ2) is 5.61. The van der Waals surface area contributed by atoms with Gasteiger partial charge in [0.15, 0.2) is 11.5 Å². The minimum absolute atomic E-state index is 0.343. The summed E-state index contributed by atoms with van der Waals surface area (Å²) in [6, 6.07) is 10.1. The van der Waals surface area contributed by atoms with Crippen LogP contribution in [0.5, 0.6) is 0 Å². The molecule has 0 bridgehead atoms. The zero-order valence-electron chi connectivity index (χ0n) is 9.84. The van der Waals surface area contributed by atoms with Gasteiger partial charge in [0.2, 0.25) is 0 Å². The summed E-state index contributed by atoms with van der Waals surface area (Å²) in [5.74, 6) is 0.597. The lowest BCUT2D eigenvalue weighted by molar-refractivity contribution is 0.884. The van der Waals surface area contributed by atoms with E-state index in [4.69, 9.17) is 5.26 Å². The lowest BCUT2D eigenvalue weighted by Gasteiger charge is -2.18. The molecule has 0 amide bonds. The Balaban J connectivity index is 2.22. The maximum absolute atomic E-state index is 8.99. The van der Waals surface area contributed by atoms with Crippen molar-refractivity contribution in [1.29, 1.82) is 5.26 Å². The summed E-state index contributed by atoms with van der Waals surface area (Å²) in [6.45, 7) is 0.673. The van der Waals surface area contributed by atoms with E-state index in [9.17, 15) is 0 Å². The number of benzene rings is 1. The number of nitrogens with zero attached hydrogens (tertiary/aromatic N) is 4. The normalized spacial score (nSPS) is 9.83. The minimum Gasteiger partial charge on any atom is -0.353 e. The third kappa shape index (κ3) is 2.84. The van der Waals surface area contributed by atoms with Crippen LogP contribution in [0.25, 0.3) is 0 Å². The number of anilines is 1. The molecule has 0 N–H and O–H groups in total. The number of hydrogen-bond donors (Lipinski definition) is 0. The molecule has 4 nitrogen and oxygen atoms in total. The second-order valence-corrected chi connectivity index (χ2v) is 4.74. The summed E-state index contributed by atoms with van der Waals surface area (Å²) in [4.78, 5) is 10.1. The molecule has 2 rings (SSSR count). The zero-order chi connectivity index (χ0) is 13.0. The van der Waals surface area contributed by atoms with Gasteiger partial charge < -0.3 is 4.90 Å². The van der Waals surface area contributed by atoms with Crippen LogP contribution in [0.4, 0.5) is 5.82 Å². The predicted octanol–water partition coefficient (Wildman–Crippen LogP) is 2.75. The molecule has 0 saturated heterocycles. The molecular formula is C13H11BrN4. The molecule has 0 aliphatic heterocycles. The summed E-state index contributed by atoms with van der Waals surface area (Å²) in [5.41, 5.74) is 1.48. The number of aromatic nitrogens is 2. The Labute approximate surface area is 114 Å². The van der Waals surface area contributed by atoms with Crippen molar-refractivity contribution in [2.75, 3.05) is 11.9 Å². The summed E-state index contributed by atoms with van der Waals surface area (Å²) in [7, 11) is 1.89. The van der Waals surface area contributed by atoms with Gasteiger partial charge in [-0.1, -0.05) is 28.1 Å².